The van der Waals surface area contributed by atoms with Gasteiger partial charge in [-0.2, -0.15) is 0 Å². The van der Waals surface area contributed by atoms with Crippen LogP contribution in [0.1, 0.15) is 24.3 Å². The SMILES string of the molecule is C=C1CCC(c2cccnc2)C(=O)N1. The molecule has 72 valence electrons. The summed E-state index contributed by atoms with van der Waals surface area (Å²) in [5, 5.41) is 2.77. The van der Waals surface area contributed by atoms with Gasteiger partial charge in [0.2, 0.25) is 5.91 Å². The summed E-state index contributed by atoms with van der Waals surface area (Å²) in [4.78, 5) is 15.6. The fourth-order valence-corrected chi connectivity index (χ4v) is 1.67. The average Bonchev–Trinajstić information content (AvgIpc) is 2.19. The number of carbonyl (C=O) groups is 1. The molecule has 0 radical (unpaired) electrons. The Bertz CT molecular complexity index is 359. The van der Waals surface area contributed by atoms with Gasteiger partial charge in [-0.25, -0.2) is 0 Å². The zero-order chi connectivity index (χ0) is 9.97. The quantitative estimate of drug-likeness (QED) is 0.727. The first-order chi connectivity index (χ1) is 6.77. The highest BCUT2D eigenvalue weighted by Gasteiger charge is 2.25. The second-order valence-electron chi connectivity index (χ2n) is 3.47. The monoisotopic (exact) mass is 188 g/mol. The maximum atomic E-state index is 11.6. The third-order valence-corrected chi connectivity index (χ3v) is 2.44. The van der Waals surface area contributed by atoms with Crippen LogP contribution in [0.5, 0.6) is 0 Å². The van der Waals surface area contributed by atoms with Crippen molar-refractivity contribution < 1.29 is 4.79 Å². The zero-order valence-corrected chi connectivity index (χ0v) is 7.86. The fourth-order valence-electron chi connectivity index (χ4n) is 1.67. The van der Waals surface area contributed by atoms with Crippen LogP contribution in [-0.4, -0.2) is 10.9 Å². The lowest BCUT2D eigenvalue weighted by Gasteiger charge is -2.23. The highest BCUT2D eigenvalue weighted by atomic mass is 16.1. The normalized spacial score (nSPS) is 21.9. The van der Waals surface area contributed by atoms with Crippen molar-refractivity contribution in [3.63, 3.8) is 0 Å². The van der Waals surface area contributed by atoms with Crippen LogP contribution < -0.4 is 5.32 Å². The number of carbonyl (C=O) groups excluding carboxylic acids is 1. The molecule has 0 bridgehead atoms. The Morgan fingerprint density at radius 2 is 2.43 bits per heavy atom. The summed E-state index contributed by atoms with van der Waals surface area (Å²) in [6, 6.07) is 3.79. The van der Waals surface area contributed by atoms with Gasteiger partial charge in [-0.05, 0) is 24.5 Å². The van der Waals surface area contributed by atoms with Gasteiger partial charge in [-0.1, -0.05) is 12.6 Å². The largest absolute Gasteiger partial charge is 0.330 e. The van der Waals surface area contributed by atoms with Gasteiger partial charge in [0.25, 0.3) is 0 Å². The van der Waals surface area contributed by atoms with Gasteiger partial charge in [-0.3, -0.25) is 9.78 Å². The number of amides is 1. The third-order valence-electron chi connectivity index (χ3n) is 2.44. The van der Waals surface area contributed by atoms with Crippen molar-refractivity contribution in [3.8, 4) is 0 Å². The number of hydrogen-bond acceptors (Lipinski definition) is 2. The molecular formula is C11H12N2O. The molecule has 0 spiro atoms. The van der Waals surface area contributed by atoms with Crippen molar-refractivity contribution in [3.05, 3.63) is 42.4 Å². The number of aromatic nitrogens is 1. The first kappa shape index (κ1) is 8.94. The van der Waals surface area contributed by atoms with E-state index in [0.717, 1.165) is 24.1 Å². The molecule has 3 heteroatoms. The van der Waals surface area contributed by atoms with Crippen LogP contribution in [0.15, 0.2) is 36.8 Å². The number of pyridine rings is 1. The van der Waals surface area contributed by atoms with E-state index in [1.54, 1.807) is 12.4 Å². The molecule has 1 aliphatic heterocycles. The van der Waals surface area contributed by atoms with Gasteiger partial charge >= 0.3 is 0 Å². The highest BCUT2D eigenvalue weighted by molar-refractivity contribution is 5.85. The van der Waals surface area contributed by atoms with Crippen LogP contribution in [0.4, 0.5) is 0 Å². The Kier molecular flexibility index (Phi) is 2.31. The first-order valence-electron chi connectivity index (χ1n) is 4.66. The molecule has 1 fully saturated rings. The van der Waals surface area contributed by atoms with Crippen molar-refractivity contribution in [1.29, 1.82) is 0 Å². The minimum atomic E-state index is -0.0609. The standard InChI is InChI=1S/C11H12N2O/c1-8-4-5-10(11(14)13-8)9-3-2-6-12-7-9/h2-3,6-7,10H,1,4-5H2,(H,13,14). The Balaban J connectivity index is 2.20. The van der Waals surface area contributed by atoms with Crippen molar-refractivity contribution in [2.24, 2.45) is 0 Å². The summed E-state index contributed by atoms with van der Waals surface area (Å²) in [5.41, 5.74) is 1.80. The smallest absolute Gasteiger partial charge is 0.231 e. The number of hydrogen-bond donors (Lipinski definition) is 1. The van der Waals surface area contributed by atoms with Crippen LogP contribution in [0.25, 0.3) is 0 Å². The lowest BCUT2D eigenvalue weighted by atomic mass is 9.91. The van der Waals surface area contributed by atoms with Crippen LogP contribution >= 0.6 is 0 Å². The summed E-state index contributed by atoms with van der Waals surface area (Å²) in [5.74, 6) is -0.0246. The van der Waals surface area contributed by atoms with Gasteiger partial charge in [-0.15, -0.1) is 0 Å². The predicted molar refractivity (Wildman–Crippen MR) is 53.5 cm³/mol. The van der Waals surface area contributed by atoms with Crippen molar-refractivity contribution in [2.45, 2.75) is 18.8 Å². The second-order valence-corrected chi connectivity index (χ2v) is 3.47. The molecular weight excluding hydrogens is 176 g/mol. The fraction of sp³-hybridized carbons (Fsp3) is 0.273. The van der Waals surface area contributed by atoms with Crippen molar-refractivity contribution in [2.75, 3.05) is 0 Å². The summed E-state index contributed by atoms with van der Waals surface area (Å²) in [7, 11) is 0. The van der Waals surface area contributed by atoms with Crippen molar-refractivity contribution in [1.82, 2.24) is 10.3 Å². The van der Waals surface area contributed by atoms with E-state index < -0.39 is 0 Å². The molecule has 1 aliphatic rings. The lowest BCUT2D eigenvalue weighted by Crippen LogP contribution is -2.33. The van der Waals surface area contributed by atoms with Gasteiger partial charge in [0, 0.05) is 18.1 Å². The van der Waals surface area contributed by atoms with Crippen LogP contribution in [0, 0.1) is 0 Å². The van der Waals surface area contributed by atoms with E-state index in [4.69, 9.17) is 0 Å². The Hall–Kier alpha value is -1.64. The Labute approximate surface area is 82.9 Å². The molecule has 1 N–H and O–H groups in total. The molecule has 0 aliphatic carbocycles. The van der Waals surface area contributed by atoms with E-state index in [1.807, 2.05) is 12.1 Å². The van der Waals surface area contributed by atoms with E-state index in [1.165, 1.54) is 0 Å². The number of piperidine rings is 1. The lowest BCUT2D eigenvalue weighted by molar-refractivity contribution is -0.122. The third kappa shape index (κ3) is 1.66. The Morgan fingerprint density at radius 1 is 1.57 bits per heavy atom. The molecule has 0 aromatic carbocycles. The topological polar surface area (TPSA) is 42.0 Å². The van der Waals surface area contributed by atoms with Gasteiger partial charge in [0.05, 0.1) is 5.92 Å². The molecule has 2 heterocycles. The number of nitrogens with zero attached hydrogens (tertiary/aromatic N) is 1. The van der Waals surface area contributed by atoms with E-state index >= 15 is 0 Å². The van der Waals surface area contributed by atoms with E-state index in [9.17, 15) is 4.79 Å². The summed E-state index contributed by atoms with van der Waals surface area (Å²) in [6.07, 6.45) is 5.14. The molecule has 1 unspecified atom stereocenters. The molecule has 14 heavy (non-hydrogen) atoms. The van der Waals surface area contributed by atoms with Gasteiger partial charge < -0.3 is 5.32 Å². The molecule has 0 saturated carbocycles. The van der Waals surface area contributed by atoms with E-state index in [0.29, 0.717) is 0 Å². The van der Waals surface area contributed by atoms with Crippen LogP contribution in [-0.2, 0) is 4.79 Å². The van der Waals surface area contributed by atoms with Crippen LogP contribution in [0.2, 0.25) is 0 Å². The number of rotatable bonds is 1. The number of nitrogens with one attached hydrogen (secondary N) is 1. The zero-order valence-electron chi connectivity index (χ0n) is 7.86. The predicted octanol–water partition coefficient (Wildman–Crippen LogP) is 1.59. The molecule has 1 amide bonds. The number of allylic oxidation sites excluding steroid dienone is 1. The molecule has 1 aromatic rings. The van der Waals surface area contributed by atoms with Gasteiger partial charge in [0.1, 0.15) is 0 Å². The molecule has 2 rings (SSSR count). The summed E-state index contributed by atoms with van der Waals surface area (Å²) >= 11 is 0. The molecule has 1 saturated heterocycles. The Morgan fingerprint density at radius 3 is 3.07 bits per heavy atom. The first-order valence-corrected chi connectivity index (χ1v) is 4.66. The maximum absolute atomic E-state index is 11.6. The molecule has 3 nitrogen and oxygen atoms in total. The summed E-state index contributed by atoms with van der Waals surface area (Å²) in [6.45, 7) is 3.75. The highest BCUT2D eigenvalue weighted by Crippen LogP contribution is 2.26. The minimum absolute atomic E-state index is 0.0363. The maximum Gasteiger partial charge on any atom is 0.231 e. The molecule has 1 atom stereocenters. The second kappa shape index (κ2) is 3.62. The minimum Gasteiger partial charge on any atom is -0.330 e. The van der Waals surface area contributed by atoms with Crippen LogP contribution in [0.3, 0.4) is 0 Å². The summed E-state index contributed by atoms with van der Waals surface area (Å²) < 4.78 is 0. The van der Waals surface area contributed by atoms with E-state index in [2.05, 4.69) is 16.9 Å². The van der Waals surface area contributed by atoms with Crippen molar-refractivity contribution >= 4 is 5.91 Å². The average molecular weight is 188 g/mol. The van der Waals surface area contributed by atoms with Gasteiger partial charge in [0.15, 0.2) is 0 Å². The molecule has 1 aromatic heterocycles. The van der Waals surface area contributed by atoms with E-state index in [-0.39, 0.29) is 11.8 Å².